The fraction of sp³-hybridized carbons (Fsp3) is 0.0588. The Labute approximate surface area is 246 Å². The summed E-state index contributed by atoms with van der Waals surface area (Å²) in [7, 11) is -8.15. The third-order valence-electron chi connectivity index (χ3n) is 7.54. The van der Waals surface area contributed by atoms with Gasteiger partial charge in [0.25, 0.3) is 9.84 Å². The molecule has 0 aromatic heterocycles. The second kappa shape index (κ2) is 10.7. The number of halogens is 3. The van der Waals surface area contributed by atoms with Gasteiger partial charge in [0, 0.05) is 27.0 Å². The van der Waals surface area contributed by atoms with E-state index in [-0.39, 0.29) is 16.4 Å². The van der Waals surface area contributed by atoms with Crippen molar-refractivity contribution >= 4 is 54.4 Å². The minimum absolute atomic E-state index is 0.146. The Morgan fingerprint density at radius 2 is 1.12 bits per heavy atom. The summed E-state index contributed by atoms with van der Waals surface area (Å²) >= 11 is 0. The van der Waals surface area contributed by atoms with Gasteiger partial charge in [-0.15, -0.1) is 0 Å². The van der Waals surface area contributed by atoms with E-state index < -0.39 is 27.4 Å². The highest BCUT2D eigenvalue weighted by Gasteiger charge is 2.49. The van der Waals surface area contributed by atoms with Crippen LogP contribution in [0.25, 0.3) is 32.7 Å². The molecular formula is C34H24F3O4PS. The molecule has 0 bridgehead atoms. The second-order valence-corrected chi connectivity index (χ2v) is 14.6. The van der Waals surface area contributed by atoms with Crippen molar-refractivity contribution in [3.63, 3.8) is 0 Å². The Morgan fingerprint density at radius 1 is 0.605 bits per heavy atom. The molecule has 4 nitrogen and oxygen atoms in total. The number of sulfone groups is 1. The van der Waals surface area contributed by atoms with Crippen LogP contribution in [0.5, 0.6) is 5.75 Å². The zero-order chi connectivity index (χ0) is 30.4. The van der Waals surface area contributed by atoms with Crippen LogP contribution in [-0.4, -0.2) is 21.0 Å². The summed E-state index contributed by atoms with van der Waals surface area (Å²) < 4.78 is 90.1. The van der Waals surface area contributed by atoms with Crippen molar-refractivity contribution in [3.05, 3.63) is 127 Å². The van der Waals surface area contributed by atoms with Crippen LogP contribution < -0.4 is 20.7 Å². The molecule has 9 heteroatoms. The van der Waals surface area contributed by atoms with Gasteiger partial charge in [0.15, 0.2) is 7.14 Å². The van der Waals surface area contributed by atoms with Crippen LogP contribution in [0, 0.1) is 0 Å². The molecule has 0 aliphatic heterocycles. The van der Waals surface area contributed by atoms with E-state index in [1.54, 1.807) is 115 Å². The van der Waals surface area contributed by atoms with Gasteiger partial charge in [0.05, 0.1) is 12.0 Å². The molecule has 6 aromatic carbocycles. The molecule has 1 atom stereocenters. The summed E-state index contributed by atoms with van der Waals surface area (Å²) in [6, 6.07) is 34.8. The molecule has 0 aliphatic carbocycles. The first-order valence-corrected chi connectivity index (χ1v) is 16.4. The number of alkyl halides is 3. The van der Waals surface area contributed by atoms with E-state index in [2.05, 4.69) is 0 Å². The molecule has 0 saturated carbocycles. The third-order valence-corrected chi connectivity index (χ3v) is 12.2. The monoisotopic (exact) mass is 616 g/mol. The lowest BCUT2D eigenvalue weighted by molar-refractivity contribution is -0.0435. The first-order chi connectivity index (χ1) is 20.6. The van der Waals surface area contributed by atoms with Gasteiger partial charge in [-0.25, -0.2) is 8.42 Å². The van der Waals surface area contributed by atoms with Crippen molar-refractivity contribution in [1.29, 1.82) is 0 Å². The first kappa shape index (κ1) is 28.7. The molecule has 0 spiro atoms. The molecule has 216 valence electrons. The minimum atomic E-state index is -5.82. The number of fused-ring (bicyclic) bond motifs is 2. The summed E-state index contributed by atoms with van der Waals surface area (Å²) in [5.74, 6) is 0.537. The van der Waals surface area contributed by atoms with Crippen molar-refractivity contribution < 1.29 is 30.9 Å². The summed E-state index contributed by atoms with van der Waals surface area (Å²) in [5.41, 5.74) is -5.54. The first-order valence-electron chi connectivity index (χ1n) is 13.2. The molecule has 1 unspecified atom stereocenters. The van der Waals surface area contributed by atoms with Crippen molar-refractivity contribution in [3.8, 4) is 16.9 Å². The number of ether oxygens (including phenoxy) is 1. The fourth-order valence-corrected chi connectivity index (χ4v) is 9.32. The molecule has 0 radical (unpaired) electrons. The van der Waals surface area contributed by atoms with Crippen molar-refractivity contribution in [2.45, 2.75) is 10.4 Å². The SMILES string of the molecule is COc1ccc(P(=O)(c2ccccc2)c2ccc3ccccc3c2-c2c(S(=O)(=O)C(F)(F)F)ccc3ccccc23)cc1. The zero-order valence-electron chi connectivity index (χ0n) is 22.7. The number of methoxy groups -OCH3 is 1. The Kier molecular flexibility index (Phi) is 7.15. The molecule has 0 aliphatic rings. The lowest BCUT2D eigenvalue weighted by Crippen LogP contribution is -2.28. The Morgan fingerprint density at radius 3 is 1.70 bits per heavy atom. The van der Waals surface area contributed by atoms with E-state index in [0.29, 0.717) is 37.9 Å². The predicted molar refractivity (Wildman–Crippen MR) is 166 cm³/mol. The molecular weight excluding hydrogens is 592 g/mol. The zero-order valence-corrected chi connectivity index (χ0v) is 24.5. The molecule has 43 heavy (non-hydrogen) atoms. The van der Waals surface area contributed by atoms with Crippen LogP contribution in [0.2, 0.25) is 0 Å². The van der Waals surface area contributed by atoms with E-state index >= 15 is 4.57 Å². The largest absolute Gasteiger partial charge is 0.501 e. The van der Waals surface area contributed by atoms with Crippen LogP contribution in [-0.2, 0) is 14.4 Å². The third kappa shape index (κ3) is 4.71. The Bertz CT molecular complexity index is 2140. The lowest BCUT2D eigenvalue weighted by Gasteiger charge is -2.26. The molecule has 0 fully saturated rings. The van der Waals surface area contributed by atoms with Crippen LogP contribution >= 0.6 is 7.14 Å². The number of benzene rings is 6. The molecule has 6 rings (SSSR count). The van der Waals surface area contributed by atoms with Crippen molar-refractivity contribution in [2.24, 2.45) is 0 Å². The van der Waals surface area contributed by atoms with Gasteiger partial charge in [-0.3, -0.25) is 0 Å². The smallest absolute Gasteiger partial charge is 0.497 e. The maximum Gasteiger partial charge on any atom is 0.501 e. The fourth-order valence-electron chi connectivity index (χ4n) is 5.50. The second-order valence-electron chi connectivity index (χ2n) is 9.93. The quantitative estimate of drug-likeness (QED) is 0.181. The number of hydrogen-bond acceptors (Lipinski definition) is 4. The highest BCUT2D eigenvalue weighted by atomic mass is 32.2. The van der Waals surface area contributed by atoms with Gasteiger partial charge in [-0.1, -0.05) is 91.0 Å². The van der Waals surface area contributed by atoms with E-state index in [4.69, 9.17) is 4.74 Å². The number of hydrogen-bond donors (Lipinski definition) is 0. The van der Waals surface area contributed by atoms with Gasteiger partial charge in [0.2, 0.25) is 0 Å². The van der Waals surface area contributed by atoms with E-state index in [1.807, 2.05) is 0 Å². The van der Waals surface area contributed by atoms with E-state index in [0.717, 1.165) is 6.07 Å². The van der Waals surface area contributed by atoms with Crippen molar-refractivity contribution in [1.82, 2.24) is 0 Å². The Balaban J connectivity index is 1.85. The van der Waals surface area contributed by atoms with E-state index in [9.17, 15) is 21.6 Å². The lowest BCUT2D eigenvalue weighted by atomic mass is 9.94. The maximum atomic E-state index is 15.7. The minimum Gasteiger partial charge on any atom is -0.497 e. The molecule has 0 saturated heterocycles. The average Bonchev–Trinajstić information content (AvgIpc) is 3.03. The highest BCUT2D eigenvalue weighted by Crippen LogP contribution is 2.50. The van der Waals surface area contributed by atoms with Crippen molar-refractivity contribution in [2.75, 3.05) is 7.11 Å². The predicted octanol–water partition coefficient (Wildman–Crippen LogP) is 7.60. The number of rotatable bonds is 6. The van der Waals surface area contributed by atoms with Gasteiger partial charge >= 0.3 is 5.51 Å². The maximum absolute atomic E-state index is 15.7. The standard InChI is InChI=1S/C34H24F3O4PS/c1-41-25-17-19-27(20-18-25)42(38,26-11-3-2-4-12-26)30-21-15-23-9-5-7-13-28(23)32(30)33-29-14-8-6-10-24(29)16-22-31(33)43(39,40)34(35,36)37/h2-22H,1H3. The summed E-state index contributed by atoms with van der Waals surface area (Å²) in [6.07, 6.45) is 0. The van der Waals surface area contributed by atoms with Crippen LogP contribution in [0.4, 0.5) is 13.2 Å². The summed E-state index contributed by atoms with van der Waals surface area (Å²) in [4.78, 5) is -0.898. The van der Waals surface area contributed by atoms with Gasteiger partial charge in [0.1, 0.15) is 5.75 Å². The summed E-state index contributed by atoms with van der Waals surface area (Å²) in [6.45, 7) is 0. The van der Waals surface area contributed by atoms with Gasteiger partial charge < -0.3 is 9.30 Å². The van der Waals surface area contributed by atoms with Crippen LogP contribution in [0.3, 0.4) is 0 Å². The van der Waals surface area contributed by atoms with E-state index in [1.165, 1.54) is 13.2 Å². The van der Waals surface area contributed by atoms with Gasteiger partial charge in [-0.2, -0.15) is 13.2 Å². The molecule has 6 aromatic rings. The molecule has 0 heterocycles. The van der Waals surface area contributed by atoms with Crippen LogP contribution in [0.15, 0.2) is 132 Å². The Hall–Kier alpha value is -4.39. The molecule has 0 N–H and O–H groups in total. The highest BCUT2D eigenvalue weighted by molar-refractivity contribution is 7.92. The summed E-state index contributed by atoms with van der Waals surface area (Å²) in [5, 5.41) is 3.03. The average molecular weight is 617 g/mol. The molecule has 0 amide bonds. The van der Waals surface area contributed by atoms with Crippen LogP contribution in [0.1, 0.15) is 0 Å². The normalized spacial score (nSPS) is 13.6. The topological polar surface area (TPSA) is 60.4 Å². The van der Waals surface area contributed by atoms with Gasteiger partial charge in [-0.05, 0) is 57.9 Å².